The highest BCUT2D eigenvalue weighted by molar-refractivity contribution is 5.80. The first kappa shape index (κ1) is 10.5. The van der Waals surface area contributed by atoms with Crippen LogP contribution in [0.1, 0.15) is 12.5 Å². The van der Waals surface area contributed by atoms with Crippen LogP contribution in [0.4, 0.5) is 5.69 Å². The predicted molar refractivity (Wildman–Crippen MR) is 52.4 cm³/mol. The molecule has 0 aliphatic carbocycles. The SMILES string of the molecule is COC(=O)C(C)(O)c1ccc(N)cc1. The molecule has 0 bridgehead atoms. The Morgan fingerprint density at radius 3 is 2.36 bits per heavy atom. The first-order valence-electron chi connectivity index (χ1n) is 4.15. The van der Waals surface area contributed by atoms with Gasteiger partial charge in [-0.2, -0.15) is 0 Å². The molecule has 0 heterocycles. The van der Waals surface area contributed by atoms with Gasteiger partial charge in [-0.05, 0) is 24.6 Å². The Morgan fingerprint density at radius 2 is 1.93 bits per heavy atom. The zero-order valence-electron chi connectivity index (χ0n) is 8.15. The standard InChI is InChI=1S/C10H13NO3/c1-10(13,9(12)14-2)7-3-5-8(11)6-4-7/h3-6,13H,11H2,1-2H3. The lowest BCUT2D eigenvalue weighted by Gasteiger charge is -2.20. The summed E-state index contributed by atoms with van der Waals surface area (Å²) in [6.45, 7) is 1.38. The van der Waals surface area contributed by atoms with Crippen LogP contribution in [-0.4, -0.2) is 18.2 Å². The molecule has 0 fully saturated rings. The molecule has 0 saturated heterocycles. The highest BCUT2D eigenvalue weighted by atomic mass is 16.5. The normalized spacial score (nSPS) is 14.5. The molecule has 3 N–H and O–H groups in total. The van der Waals surface area contributed by atoms with Crippen LogP contribution >= 0.6 is 0 Å². The average Bonchev–Trinajstić information content (AvgIpc) is 2.17. The van der Waals surface area contributed by atoms with Crippen LogP contribution in [0.15, 0.2) is 24.3 Å². The molecule has 1 rings (SSSR count). The first-order valence-corrected chi connectivity index (χ1v) is 4.15. The Balaban J connectivity index is 3.03. The topological polar surface area (TPSA) is 72.5 Å². The first-order chi connectivity index (χ1) is 6.48. The third-order valence-electron chi connectivity index (χ3n) is 2.06. The van der Waals surface area contributed by atoms with Crippen molar-refractivity contribution in [1.29, 1.82) is 0 Å². The summed E-state index contributed by atoms with van der Waals surface area (Å²) in [5.41, 5.74) is 4.89. The number of esters is 1. The highest BCUT2D eigenvalue weighted by Crippen LogP contribution is 2.22. The molecule has 76 valence electrons. The molecule has 4 nitrogen and oxygen atoms in total. The number of carbonyl (C=O) groups excluding carboxylic acids is 1. The number of anilines is 1. The van der Waals surface area contributed by atoms with Gasteiger partial charge in [0.25, 0.3) is 0 Å². The Labute approximate surface area is 82.3 Å². The van der Waals surface area contributed by atoms with Crippen LogP contribution in [0.25, 0.3) is 0 Å². The molecule has 0 radical (unpaired) electrons. The van der Waals surface area contributed by atoms with E-state index in [2.05, 4.69) is 4.74 Å². The highest BCUT2D eigenvalue weighted by Gasteiger charge is 2.33. The van der Waals surface area contributed by atoms with Gasteiger partial charge in [-0.15, -0.1) is 0 Å². The number of hydrogen-bond acceptors (Lipinski definition) is 4. The van der Waals surface area contributed by atoms with Gasteiger partial charge in [0, 0.05) is 5.69 Å². The van der Waals surface area contributed by atoms with E-state index < -0.39 is 11.6 Å². The van der Waals surface area contributed by atoms with Gasteiger partial charge in [0.15, 0.2) is 5.60 Å². The van der Waals surface area contributed by atoms with E-state index in [0.717, 1.165) is 0 Å². The van der Waals surface area contributed by atoms with Crippen LogP contribution in [0.5, 0.6) is 0 Å². The van der Waals surface area contributed by atoms with Crippen molar-refractivity contribution in [2.45, 2.75) is 12.5 Å². The fourth-order valence-corrected chi connectivity index (χ4v) is 1.12. The minimum Gasteiger partial charge on any atom is -0.467 e. The summed E-state index contributed by atoms with van der Waals surface area (Å²) in [4.78, 5) is 11.2. The molecule has 0 aliphatic rings. The van der Waals surface area contributed by atoms with Gasteiger partial charge < -0.3 is 15.6 Å². The monoisotopic (exact) mass is 195 g/mol. The van der Waals surface area contributed by atoms with E-state index in [-0.39, 0.29) is 0 Å². The number of ether oxygens (including phenoxy) is 1. The van der Waals surface area contributed by atoms with Crippen molar-refractivity contribution in [1.82, 2.24) is 0 Å². The van der Waals surface area contributed by atoms with Crippen molar-refractivity contribution >= 4 is 11.7 Å². The molecular formula is C10H13NO3. The molecule has 1 atom stereocenters. The van der Waals surface area contributed by atoms with Gasteiger partial charge in [-0.25, -0.2) is 4.79 Å². The van der Waals surface area contributed by atoms with Crippen molar-refractivity contribution in [2.75, 3.05) is 12.8 Å². The van der Waals surface area contributed by atoms with Crippen molar-refractivity contribution in [3.05, 3.63) is 29.8 Å². The zero-order chi connectivity index (χ0) is 10.8. The van der Waals surface area contributed by atoms with Crippen LogP contribution in [0.3, 0.4) is 0 Å². The fourth-order valence-electron chi connectivity index (χ4n) is 1.12. The smallest absolute Gasteiger partial charge is 0.342 e. The molecule has 1 aromatic carbocycles. The molecule has 0 spiro atoms. The molecule has 1 aromatic rings. The van der Waals surface area contributed by atoms with E-state index in [1.165, 1.54) is 14.0 Å². The Morgan fingerprint density at radius 1 is 1.43 bits per heavy atom. The van der Waals surface area contributed by atoms with Gasteiger partial charge >= 0.3 is 5.97 Å². The van der Waals surface area contributed by atoms with Crippen LogP contribution in [-0.2, 0) is 15.1 Å². The number of rotatable bonds is 2. The maximum atomic E-state index is 11.2. The Bertz CT molecular complexity index is 330. The van der Waals surface area contributed by atoms with Gasteiger partial charge in [0.05, 0.1) is 7.11 Å². The number of aliphatic hydroxyl groups is 1. The van der Waals surface area contributed by atoms with Crippen LogP contribution in [0, 0.1) is 0 Å². The van der Waals surface area contributed by atoms with Crippen molar-refractivity contribution in [3.8, 4) is 0 Å². The molecule has 1 unspecified atom stereocenters. The second-order valence-electron chi connectivity index (χ2n) is 3.19. The summed E-state index contributed by atoms with van der Waals surface area (Å²) in [5, 5.41) is 9.83. The minimum atomic E-state index is -1.62. The number of nitrogens with two attached hydrogens (primary N) is 1. The second kappa shape index (κ2) is 3.67. The lowest BCUT2D eigenvalue weighted by Crippen LogP contribution is -2.33. The van der Waals surface area contributed by atoms with E-state index in [0.29, 0.717) is 11.3 Å². The Kier molecular flexibility index (Phi) is 2.76. The summed E-state index contributed by atoms with van der Waals surface area (Å²) in [5.74, 6) is -0.692. The lowest BCUT2D eigenvalue weighted by molar-refractivity contribution is -0.161. The van der Waals surface area contributed by atoms with Gasteiger partial charge in [0.2, 0.25) is 0 Å². The summed E-state index contributed by atoms with van der Waals surface area (Å²) in [6, 6.07) is 6.41. The Hall–Kier alpha value is -1.55. The third-order valence-corrected chi connectivity index (χ3v) is 2.06. The summed E-state index contributed by atoms with van der Waals surface area (Å²) in [6.07, 6.45) is 0. The molecule has 4 heteroatoms. The predicted octanol–water partition coefficient (Wildman–Crippen LogP) is 0.649. The molecule has 0 aliphatic heterocycles. The molecule has 0 saturated carbocycles. The quantitative estimate of drug-likeness (QED) is 0.536. The maximum Gasteiger partial charge on any atom is 0.342 e. The third kappa shape index (κ3) is 1.85. The van der Waals surface area contributed by atoms with Crippen LogP contribution < -0.4 is 5.73 Å². The summed E-state index contributed by atoms with van der Waals surface area (Å²) >= 11 is 0. The summed E-state index contributed by atoms with van der Waals surface area (Å²) < 4.78 is 4.48. The lowest BCUT2D eigenvalue weighted by atomic mass is 9.96. The van der Waals surface area contributed by atoms with Crippen LogP contribution in [0.2, 0.25) is 0 Å². The maximum absolute atomic E-state index is 11.2. The van der Waals surface area contributed by atoms with Crippen molar-refractivity contribution in [2.24, 2.45) is 0 Å². The van der Waals surface area contributed by atoms with Gasteiger partial charge in [-0.3, -0.25) is 0 Å². The van der Waals surface area contributed by atoms with E-state index in [4.69, 9.17) is 5.73 Å². The molecule has 0 amide bonds. The van der Waals surface area contributed by atoms with Crippen molar-refractivity contribution < 1.29 is 14.6 Å². The number of nitrogen functional groups attached to an aromatic ring is 1. The minimum absolute atomic E-state index is 0.457. The molecule has 0 aromatic heterocycles. The largest absolute Gasteiger partial charge is 0.467 e. The number of benzene rings is 1. The average molecular weight is 195 g/mol. The fraction of sp³-hybridized carbons (Fsp3) is 0.300. The number of carbonyl (C=O) groups is 1. The second-order valence-corrected chi connectivity index (χ2v) is 3.19. The van der Waals surface area contributed by atoms with E-state index in [1.54, 1.807) is 24.3 Å². The van der Waals surface area contributed by atoms with Crippen molar-refractivity contribution in [3.63, 3.8) is 0 Å². The molecule has 14 heavy (non-hydrogen) atoms. The number of hydrogen-bond donors (Lipinski definition) is 2. The van der Waals surface area contributed by atoms with E-state index in [9.17, 15) is 9.90 Å². The summed E-state index contributed by atoms with van der Waals surface area (Å²) in [7, 11) is 1.23. The number of methoxy groups -OCH3 is 1. The van der Waals surface area contributed by atoms with E-state index in [1.807, 2.05) is 0 Å². The van der Waals surface area contributed by atoms with Gasteiger partial charge in [0.1, 0.15) is 0 Å². The molecular weight excluding hydrogens is 182 g/mol. The zero-order valence-corrected chi connectivity index (χ0v) is 8.15. The van der Waals surface area contributed by atoms with Gasteiger partial charge in [-0.1, -0.05) is 12.1 Å². The van der Waals surface area contributed by atoms with E-state index >= 15 is 0 Å².